The normalized spacial score (nSPS) is 12.5. The summed E-state index contributed by atoms with van der Waals surface area (Å²) in [5.74, 6) is -1.47. The van der Waals surface area contributed by atoms with Crippen molar-refractivity contribution in [1.82, 2.24) is 0 Å². The van der Waals surface area contributed by atoms with Crippen LogP contribution in [0.15, 0.2) is 36.4 Å². The van der Waals surface area contributed by atoms with Crippen LogP contribution in [0, 0.1) is 22.1 Å². The average molecular weight is 360 g/mol. The summed E-state index contributed by atoms with van der Waals surface area (Å²) in [5.41, 5.74) is 1.17. The topological polar surface area (TPSA) is 20.2 Å². The van der Waals surface area contributed by atoms with Crippen LogP contribution >= 0.6 is 22.6 Å². The fourth-order valence-corrected chi connectivity index (χ4v) is 2.46. The molecular formula is C14H11F2IO. The van der Waals surface area contributed by atoms with Gasteiger partial charge in [-0.3, -0.25) is 0 Å². The molecule has 1 unspecified atom stereocenters. The standard InChI is InChI=1S/C14H11F2IO/c1-8-4-2-5-9(13(8)17)14(18)12-10(15)6-3-7-11(12)16/h2-7,14,18H,1H3. The number of rotatable bonds is 2. The summed E-state index contributed by atoms with van der Waals surface area (Å²) >= 11 is 2.07. The first kappa shape index (κ1) is 13.4. The molecule has 0 saturated heterocycles. The van der Waals surface area contributed by atoms with Gasteiger partial charge >= 0.3 is 0 Å². The number of halogens is 3. The summed E-state index contributed by atoms with van der Waals surface area (Å²) in [6.45, 7) is 1.88. The Morgan fingerprint density at radius 2 is 1.61 bits per heavy atom. The van der Waals surface area contributed by atoms with Gasteiger partial charge in [-0.1, -0.05) is 24.3 Å². The Kier molecular flexibility index (Phi) is 3.97. The molecule has 0 radical (unpaired) electrons. The number of aryl methyl sites for hydroxylation is 1. The Hall–Kier alpha value is -1.01. The van der Waals surface area contributed by atoms with Crippen LogP contribution in [0.2, 0.25) is 0 Å². The highest BCUT2D eigenvalue weighted by Crippen LogP contribution is 2.30. The second-order valence-corrected chi connectivity index (χ2v) is 5.09. The van der Waals surface area contributed by atoms with Crippen molar-refractivity contribution in [2.45, 2.75) is 13.0 Å². The van der Waals surface area contributed by atoms with E-state index in [1.54, 1.807) is 12.1 Å². The van der Waals surface area contributed by atoms with E-state index in [0.717, 1.165) is 21.3 Å². The van der Waals surface area contributed by atoms with Crippen LogP contribution in [0.3, 0.4) is 0 Å². The van der Waals surface area contributed by atoms with Gasteiger partial charge in [-0.25, -0.2) is 8.78 Å². The SMILES string of the molecule is Cc1cccc(C(O)c2c(F)cccc2F)c1I. The minimum Gasteiger partial charge on any atom is -0.383 e. The number of aliphatic hydroxyl groups excluding tert-OH is 1. The number of benzene rings is 2. The van der Waals surface area contributed by atoms with Crippen LogP contribution in [-0.2, 0) is 0 Å². The lowest BCUT2D eigenvalue weighted by Crippen LogP contribution is -2.08. The van der Waals surface area contributed by atoms with Crippen molar-refractivity contribution in [2.24, 2.45) is 0 Å². The zero-order valence-electron chi connectivity index (χ0n) is 9.62. The predicted octanol–water partition coefficient (Wildman–Crippen LogP) is 3.96. The smallest absolute Gasteiger partial charge is 0.132 e. The van der Waals surface area contributed by atoms with Gasteiger partial charge < -0.3 is 5.11 Å². The molecule has 0 saturated carbocycles. The number of hydrogen-bond acceptors (Lipinski definition) is 1. The van der Waals surface area contributed by atoms with Gasteiger partial charge in [0.25, 0.3) is 0 Å². The maximum Gasteiger partial charge on any atom is 0.132 e. The molecule has 1 N–H and O–H groups in total. The van der Waals surface area contributed by atoms with Gasteiger partial charge in [0.1, 0.15) is 17.7 Å². The largest absolute Gasteiger partial charge is 0.383 e. The molecule has 18 heavy (non-hydrogen) atoms. The molecule has 0 spiro atoms. The molecule has 94 valence electrons. The monoisotopic (exact) mass is 360 g/mol. The molecule has 0 bridgehead atoms. The number of aliphatic hydroxyl groups is 1. The lowest BCUT2D eigenvalue weighted by molar-refractivity contribution is 0.208. The third-order valence-corrected chi connectivity index (χ3v) is 4.26. The van der Waals surface area contributed by atoms with E-state index in [4.69, 9.17) is 0 Å². The van der Waals surface area contributed by atoms with E-state index in [0.29, 0.717) is 5.56 Å². The van der Waals surface area contributed by atoms with Crippen molar-refractivity contribution >= 4 is 22.6 Å². The van der Waals surface area contributed by atoms with Crippen molar-refractivity contribution in [3.63, 3.8) is 0 Å². The van der Waals surface area contributed by atoms with Gasteiger partial charge in [0, 0.05) is 3.57 Å². The highest BCUT2D eigenvalue weighted by molar-refractivity contribution is 14.1. The zero-order valence-corrected chi connectivity index (χ0v) is 11.8. The summed E-state index contributed by atoms with van der Waals surface area (Å²) in [7, 11) is 0. The van der Waals surface area contributed by atoms with Crippen molar-refractivity contribution in [2.75, 3.05) is 0 Å². The molecule has 4 heteroatoms. The van der Waals surface area contributed by atoms with E-state index in [2.05, 4.69) is 22.6 Å². The van der Waals surface area contributed by atoms with Gasteiger partial charge in [-0.05, 0) is 52.8 Å². The summed E-state index contributed by atoms with van der Waals surface area (Å²) < 4.78 is 28.0. The molecule has 1 atom stereocenters. The second-order valence-electron chi connectivity index (χ2n) is 4.02. The first-order valence-corrected chi connectivity index (χ1v) is 6.47. The molecule has 0 heterocycles. The second kappa shape index (κ2) is 5.32. The highest BCUT2D eigenvalue weighted by atomic mass is 127. The summed E-state index contributed by atoms with van der Waals surface area (Å²) in [4.78, 5) is 0. The molecule has 0 amide bonds. The van der Waals surface area contributed by atoms with E-state index in [9.17, 15) is 13.9 Å². The van der Waals surface area contributed by atoms with Gasteiger partial charge in [0.2, 0.25) is 0 Å². The van der Waals surface area contributed by atoms with E-state index >= 15 is 0 Å². The van der Waals surface area contributed by atoms with Crippen LogP contribution in [-0.4, -0.2) is 5.11 Å². The fourth-order valence-electron chi connectivity index (χ4n) is 1.81. The average Bonchev–Trinajstić information content (AvgIpc) is 2.32. The highest BCUT2D eigenvalue weighted by Gasteiger charge is 2.21. The third kappa shape index (κ3) is 2.40. The number of hydrogen-bond donors (Lipinski definition) is 1. The van der Waals surface area contributed by atoms with Crippen LogP contribution in [0.5, 0.6) is 0 Å². The van der Waals surface area contributed by atoms with Crippen LogP contribution < -0.4 is 0 Å². The Bertz CT molecular complexity index is 564. The lowest BCUT2D eigenvalue weighted by atomic mass is 9.99. The van der Waals surface area contributed by atoms with Crippen LogP contribution in [0.1, 0.15) is 22.8 Å². The van der Waals surface area contributed by atoms with Crippen LogP contribution in [0.25, 0.3) is 0 Å². The summed E-state index contributed by atoms with van der Waals surface area (Å²) in [5, 5.41) is 10.2. The molecule has 0 aliphatic rings. The first-order chi connectivity index (χ1) is 8.52. The Morgan fingerprint density at radius 1 is 1.06 bits per heavy atom. The predicted molar refractivity (Wildman–Crippen MR) is 74.3 cm³/mol. The Morgan fingerprint density at radius 3 is 2.22 bits per heavy atom. The van der Waals surface area contributed by atoms with Crippen molar-refractivity contribution in [3.05, 3.63) is 68.3 Å². The van der Waals surface area contributed by atoms with Crippen molar-refractivity contribution in [3.8, 4) is 0 Å². The van der Waals surface area contributed by atoms with E-state index in [-0.39, 0.29) is 5.56 Å². The fraction of sp³-hybridized carbons (Fsp3) is 0.143. The maximum atomic E-state index is 13.6. The zero-order chi connectivity index (χ0) is 13.3. The summed E-state index contributed by atoms with van der Waals surface area (Å²) in [6.07, 6.45) is -1.29. The maximum absolute atomic E-state index is 13.6. The minimum absolute atomic E-state index is 0.305. The molecular weight excluding hydrogens is 349 g/mol. The summed E-state index contributed by atoms with van der Waals surface area (Å²) in [6, 6.07) is 8.88. The molecule has 2 rings (SSSR count). The van der Waals surface area contributed by atoms with Gasteiger partial charge in [0.15, 0.2) is 0 Å². The first-order valence-electron chi connectivity index (χ1n) is 5.39. The van der Waals surface area contributed by atoms with E-state index < -0.39 is 17.7 Å². The molecule has 0 aliphatic carbocycles. The molecule has 2 aromatic rings. The molecule has 0 aromatic heterocycles. The van der Waals surface area contributed by atoms with Gasteiger partial charge in [-0.15, -0.1) is 0 Å². The lowest BCUT2D eigenvalue weighted by Gasteiger charge is -2.16. The van der Waals surface area contributed by atoms with E-state index in [1.165, 1.54) is 6.07 Å². The Balaban J connectivity index is 2.55. The third-order valence-electron chi connectivity index (χ3n) is 2.79. The van der Waals surface area contributed by atoms with Gasteiger partial charge in [-0.2, -0.15) is 0 Å². The van der Waals surface area contributed by atoms with Gasteiger partial charge in [0.05, 0.1) is 5.56 Å². The van der Waals surface area contributed by atoms with Crippen molar-refractivity contribution in [1.29, 1.82) is 0 Å². The molecule has 1 nitrogen and oxygen atoms in total. The Labute approximate surface area is 118 Å². The van der Waals surface area contributed by atoms with E-state index in [1.807, 2.05) is 13.0 Å². The quantitative estimate of drug-likeness (QED) is 0.804. The molecule has 2 aromatic carbocycles. The van der Waals surface area contributed by atoms with Crippen molar-refractivity contribution < 1.29 is 13.9 Å². The molecule has 0 fully saturated rings. The minimum atomic E-state index is -1.29. The molecule has 0 aliphatic heterocycles. The van der Waals surface area contributed by atoms with Crippen LogP contribution in [0.4, 0.5) is 8.78 Å².